The summed E-state index contributed by atoms with van der Waals surface area (Å²) in [5.41, 5.74) is 0. The molecule has 0 fully saturated rings. The van der Waals surface area contributed by atoms with E-state index in [4.69, 9.17) is 9.47 Å². The Kier molecular flexibility index (Phi) is 5.84. The molecule has 3 nitrogen and oxygen atoms in total. The Morgan fingerprint density at radius 3 is 2.35 bits per heavy atom. The fraction of sp³-hybridized carbons (Fsp3) is 0.571. The molecule has 1 aromatic carbocycles. The number of likely N-dealkylation sites (N-methyl/N-ethyl adjacent to an activating group) is 1. The van der Waals surface area contributed by atoms with Crippen LogP contribution < -0.4 is 14.8 Å². The first-order chi connectivity index (χ1) is 8.22. The monoisotopic (exact) mass is 237 g/mol. The van der Waals surface area contributed by atoms with Crippen LogP contribution in [-0.4, -0.2) is 25.8 Å². The lowest BCUT2D eigenvalue weighted by Crippen LogP contribution is -2.38. The number of hydrogen-bond donors (Lipinski definition) is 1. The molecule has 0 aliphatic heterocycles. The van der Waals surface area contributed by atoms with Crippen molar-refractivity contribution in [3.8, 4) is 11.5 Å². The van der Waals surface area contributed by atoms with Gasteiger partial charge in [-0.15, -0.1) is 0 Å². The molecule has 1 rings (SSSR count). The van der Waals surface area contributed by atoms with Crippen LogP contribution in [0.5, 0.6) is 11.5 Å². The summed E-state index contributed by atoms with van der Waals surface area (Å²) in [6.07, 6.45) is 1.15. The second-order valence-corrected chi connectivity index (χ2v) is 4.01. The van der Waals surface area contributed by atoms with E-state index in [1.54, 1.807) is 0 Å². The van der Waals surface area contributed by atoms with E-state index in [0.717, 1.165) is 17.9 Å². The van der Waals surface area contributed by atoms with Crippen LogP contribution in [0.2, 0.25) is 0 Å². The van der Waals surface area contributed by atoms with Gasteiger partial charge in [-0.05, 0) is 39.4 Å². The molecule has 3 heteroatoms. The molecule has 0 aromatic heterocycles. The molecule has 96 valence electrons. The van der Waals surface area contributed by atoms with Crippen molar-refractivity contribution >= 4 is 0 Å². The maximum atomic E-state index is 5.95. The van der Waals surface area contributed by atoms with Gasteiger partial charge in [0.2, 0.25) is 0 Å². The largest absolute Gasteiger partial charge is 0.490 e. The van der Waals surface area contributed by atoms with Gasteiger partial charge in [0.15, 0.2) is 11.5 Å². The number of rotatable bonds is 7. The Bertz CT molecular complexity index is 324. The summed E-state index contributed by atoms with van der Waals surface area (Å²) in [6, 6.07) is 8.16. The molecular formula is C14H23NO2. The van der Waals surface area contributed by atoms with Gasteiger partial charge in [-0.1, -0.05) is 19.1 Å². The molecule has 1 aromatic rings. The van der Waals surface area contributed by atoms with E-state index in [1.807, 2.05) is 38.2 Å². The van der Waals surface area contributed by atoms with Crippen LogP contribution in [0.1, 0.15) is 27.2 Å². The van der Waals surface area contributed by atoms with Crippen molar-refractivity contribution in [3.05, 3.63) is 24.3 Å². The molecule has 2 unspecified atom stereocenters. The lowest BCUT2D eigenvalue weighted by Gasteiger charge is -2.24. The minimum atomic E-state index is 0.117. The van der Waals surface area contributed by atoms with E-state index in [-0.39, 0.29) is 6.10 Å². The van der Waals surface area contributed by atoms with Gasteiger partial charge < -0.3 is 14.8 Å². The number of nitrogens with one attached hydrogen (secondary N) is 1. The van der Waals surface area contributed by atoms with Crippen LogP contribution in [0.15, 0.2) is 24.3 Å². The summed E-state index contributed by atoms with van der Waals surface area (Å²) in [4.78, 5) is 0. The Morgan fingerprint density at radius 2 is 1.82 bits per heavy atom. The summed E-state index contributed by atoms with van der Waals surface area (Å²) in [6.45, 7) is 6.85. The van der Waals surface area contributed by atoms with Crippen LogP contribution in [0.4, 0.5) is 0 Å². The molecule has 0 saturated heterocycles. The van der Waals surface area contributed by atoms with Crippen LogP contribution in [0.25, 0.3) is 0 Å². The average molecular weight is 237 g/mol. The topological polar surface area (TPSA) is 30.5 Å². The van der Waals surface area contributed by atoms with Gasteiger partial charge in [-0.3, -0.25) is 0 Å². The quantitative estimate of drug-likeness (QED) is 0.791. The maximum absolute atomic E-state index is 5.95. The third kappa shape index (κ3) is 3.93. The van der Waals surface area contributed by atoms with E-state index >= 15 is 0 Å². The van der Waals surface area contributed by atoms with Crippen molar-refractivity contribution in [2.45, 2.75) is 39.3 Å². The van der Waals surface area contributed by atoms with E-state index in [2.05, 4.69) is 19.2 Å². The molecule has 0 amide bonds. The fourth-order valence-electron chi connectivity index (χ4n) is 1.88. The Balaban J connectivity index is 2.72. The molecule has 17 heavy (non-hydrogen) atoms. The molecular weight excluding hydrogens is 214 g/mol. The van der Waals surface area contributed by atoms with E-state index in [0.29, 0.717) is 12.6 Å². The Labute approximate surface area is 104 Å². The molecule has 2 atom stereocenters. The minimum absolute atomic E-state index is 0.117. The number of para-hydroxylation sites is 2. The standard InChI is InChI=1S/C14H23NO2/c1-5-12(15-4)11(3)17-14-10-8-7-9-13(14)16-6-2/h7-12,15H,5-6H2,1-4H3. The second kappa shape index (κ2) is 7.17. The van der Waals surface area contributed by atoms with Gasteiger partial charge in [0, 0.05) is 6.04 Å². The van der Waals surface area contributed by atoms with Gasteiger partial charge in [0.05, 0.1) is 6.61 Å². The van der Waals surface area contributed by atoms with Crippen LogP contribution in [0.3, 0.4) is 0 Å². The van der Waals surface area contributed by atoms with Gasteiger partial charge in [0.1, 0.15) is 6.10 Å². The molecule has 0 spiro atoms. The number of benzene rings is 1. The van der Waals surface area contributed by atoms with Crippen molar-refractivity contribution in [1.29, 1.82) is 0 Å². The summed E-state index contributed by atoms with van der Waals surface area (Å²) in [7, 11) is 1.96. The van der Waals surface area contributed by atoms with Crippen molar-refractivity contribution in [1.82, 2.24) is 5.32 Å². The summed E-state index contributed by atoms with van der Waals surface area (Å²) in [5.74, 6) is 1.63. The molecule has 0 aliphatic carbocycles. The average Bonchev–Trinajstić information content (AvgIpc) is 2.33. The predicted octanol–water partition coefficient (Wildman–Crippen LogP) is 2.85. The Morgan fingerprint density at radius 1 is 1.18 bits per heavy atom. The summed E-state index contributed by atoms with van der Waals surface area (Å²) >= 11 is 0. The zero-order chi connectivity index (χ0) is 12.7. The molecule has 0 heterocycles. The lowest BCUT2D eigenvalue weighted by atomic mass is 10.1. The van der Waals surface area contributed by atoms with E-state index in [1.165, 1.54) is 0 Å². The van der Waals surface area contributed by atoms with Crippen molar-refractivity contribution < 1.29 is 9.47 Å². The molecule has 0 bridgehead atoms. The number of ether oxygens (including phenoxy) is 2. The first-order valence-corrected chi connectivity index (χ1v) is 6.28. The zero-order valence-electron chi connectivity index (χ0n) is 11.2. The lowest BCUT2D eigenvalue weighted by molar-refractivity contribution is 0.163. The number of hydrogen-bond acceptors (Lipinski definition) is 3. The zero-order valence-corrected chi connectivity index (χ0v) is 11.2. The van der Waals surface area contributed by atoms with Crippen LogP contribution in [0, 0.1) is 0 Å². The van der Waals surface area contributed by atoms with Gasteiger partial charge >= 0.3 is 0 Å². The molecule has 0 aliphatic rings. The Hall–Kier alpha value is -1.22. The maximum Gasteiger partial charge on any atom is 0.161 e. The minimum Gasteiger partial charge on any atom is -0.490 e. The first kappa shape index (κ1) is 13.8. The van der Waals surface area contributed by atoms with Gasteiger partial charge in [0.25, 0.3) is 0 Å². The highest BCUT2D eigenvalue weighted by molar-refractivity contribution is 5.39. The highest BCUT2D eigenvalue weighted by Gasteiger charge is 2.16. The van der Waals surface area contributed by atoms with Gasteiger partial charge in [-0.2, -0.15) is 0 Å². The third-order valence-corrected chi connectivity index (χ3v) is 2.84. The second-order valence-electron chi connectivity index (χ2n) is 4.01. The summed E-state index contributed by atoms with van der Waals surface area (Å²) in [5, 5.41) is 3.26. The smallest absolute Gasteiger partial charge is 0.161 e. The van der Waals surface area contributed by atoms with Crippen molar-refractivity contribution in [2.24, 2.45) is 0 Å². The highest BCUT2D eigenvalue weighted by Crippen LogP contribution is 2.27. The SMILES string of the molecule is CCOc1ccccc1OC(C)C(CC)NC. The summed E-state index contributed by atoms with van der Waals surface area (Å²) < 4.78 is 11.5. The fourth-order valence-corrected chi connectivity index (χ4v) is 1.88. The van der Waals surface area contributed by atoms with E-state index < -0.39 is 0 Å². The predicted molar refractivity (Wildman–Crippen MR) is 70.8 cm³/mol. The van der Waals surface area contributed by atoms with Gasteiger partial charge in [-0.25, -0.2) is 0 Å². The third-order valence-electron chi connectivity index (χ3n) is 2.84. The first-order valence-electron chi connectivity index (χ1n) is 6.28. The highest BCUT2D eigenvalue weighted by atomic mass is 16.5. The molecule has 0 saturated carbocycles. The van der Waals surface area contributed by atoms with E-state index in [9.17, 15) is 0 Å². The molecule has 0 radical (unpaired) electrons. The van der Waals surface area contributed by atoms with Crippen molar-refractivity contribution in [3.63, 3.8) is 0 Å². The normalized spacial score (nSPS) is 14.1. The molecule has 1 N–H and O–H groups in total. The van der Waals surface area contributed by atoms with Crippen LogP contribution >= 0.6 is 0 Å². The van der Waals surface area contributed by atoms with Crippen molar-refractivity contribution in [2.75, 3.05) is 13.7 Å². The van der Waals surface area contributed by atoms with Crippen LogP contribution in [-0.2, 0) is 0 Å².